The summed E-state index contributed by atoms with van der Waals surface area (Å²) in [5.41, 5.74) is 21.8. The van der Waals surface area contributed by atoms with Crippen molar-refractivity contribution in [2.75, 3.05) is 36.8 Å². The number of allylic oxidation sites excluding steroid dienone is 2. The van der Waals surface area contributed by atoms with Crippen molar-refractivity contribution in [3.63, 3.8) is 0 Å². The van der Waals surface area contributed by atoms with Gasteiger partial charge in [-0.05, 0) is 133 Å². The highest BCUT2D eigenvalue weighted by molar-refractivity contribution is 7.16. The van der Waals surface area contributed by atoms with E-state index in [2.05, 4.69) is 129 Å². The molecule has 0 saturated carbocycles. The minimum Gasteiger partial charge on any atom is -0.401 e. The quantitative estimate of drug-likeness (QED) is 0.0161. The van der Waals surface area contributed by atoms with E-state index in [1.165, 1.54) is 34.6 Å². The number of hydrogen-bond donors (Lipinski definition) is 3. The minimum atomic E-state index is -0.159. The molecule has 4 heterocycles. The minimum absolute atomic E-state index is 0.0863. The highest BCUT2D eigenvalue weighted by Gasteiger charge is 2.32. The van der Waals surface area contributed by atoms with Crippen molar-refractivity contribution in [2.24, 2.45) is 34.6 Å². The Balaban J connectivity index is 0.000000435. The van der Waals surface area contributed by atoms with Gasteiger partial charge in [-0.1, -0.05) is 131 Å². The number of amides is 1. The molecule has 1 saturated heterocycles. The number of carbonyl (C=O) groups is 2. The molecule has 0 spiro atoms. The number of hydrogen-bond acceptors (Lipinski definition) is 15. The summed E-state index contributed by atoms with van der Waals surface area (Å²) in [6.45, 7) is 36.3. The van der Waals surface area contributed by atoms with Crippen LogP contribution in [0.2, 0.25) is 0 Å². The number of nitriles is 1. The predicted molar refractivity (Wildman–Crippen MR) is 340 cm³/mol. The fourth-order valence-electron chi connectivity index (χ4n) is 10.5. The van der Waals surface area contributed by atoms with Crippen molar-refractivity contribution in [1.29, 1.82) is 5.26 Å². The highest BCUT2D eigenvalue weighted by Crippen LogP contribution is 2.45. The van der Waals surface area contributed by atoms with Crippen molar-refractivity contribution in [3.8, 4) is 16.5 Å². The van der Waals surface area contributed by atoms with Gasteiger partial charge < -0.3 is 41.1 Å². The molecule has 1 fully saturated rings. The number of rotatable bonds is 28. The van der Waals surface area contributed by atoms with Crippen LogP contribution in [0.25, 0.3) is 10.4 Å². The van der Waals surface area contributed by atoms with E-state index in [-0.39, 0.29) is 47.7 Å². The molecule has 1 amide bonds. The molecule has 0 bridgehead atoms. The van der Waals surface area contributed by atoms with E-state index >= 15 is 0 Å². The van der Waals surface area contributed by atoms with Crippen molar-refractivity contribution in [2.45, 2.75) is 210 Å². The van der Waals surface area contributed by atoms with Gasteiger partial charge in [-0.25, -0.2) is 15.0 Å². The first kappa shape index (κ1) is 67.9. The number of nitrogens with zero attached hydrogens (tertiary/aromatic N) is 8. The number of anilines is 2. The number of nitrogen functional groups attached to an aromatic ring is 1. The number of thiophene rings is 1. The van der Waals surface area contributed by atoms with Crippen molar-refractivity contribution >= 4 is 51.5 Å². The van der Waals surface area contributed by atoms with Gasteiger partial charge in [-0.15, -0.1) is 22.7 Å². The second kappa shape index (κ2) is 35.4. The number of oxime groups is 1. The van der Waals surface area contributed by atoms with Gasteiger partial charge in [0.25, 0.3) is 0 Å². The molecular weight excluding hydrogens is 1050 g/mol. The molecule has 0 radical (unpaired) electrons. The Hall–Kier alpha value is -5.63. The highest BCUT2D eigenvalue weighted by atomic mass is 32.1. The van der Waals surface area contributed by atoms with Crippen LogP contribution in [0.3, 0.4) is 0 Å². The van der Waals surface area contributed by atoms with Gasteiger partial charge in [0.2, 0.25) is 11.9 Å². The van der Waals surface area contributed by atoms with Crippen molar-refractivity contribution < 1.29 is 14.4 Å². The number of nitrogens with two attached hydrogens (primary N) is 2. The Morgan fingerprint density at radius 2 is 1.73 bits per heavy atom. The smallest absolute Gasteiger partial charge is 0.226 e. The Bertz CT molecular complexity index is 2640. The Kier molecular flexibility index (Phi) is 29.6. The number of aldehydes is 1. The molecule has 446 valence electrons. The molecule has 14 nitrogen and oxygen atoms in total. The van der Waals surface area contributed by atoms with Crippen LogP contribution in [0.15, 0.2) is 71.4 Å². The SMILES string of the molecule is C=C(O/N=C(/c1ccnc(N2CCCN(CCCCC/C(N)=C/N(C(C)CC)C(C=O)C(C)C)C[C@@H]2C)n1)C(C)CC)C1CCCc2sc(N)c(C#N)c21.CC.CCC(C)CCCC(C)C(=O)NCc1ccc(-c2scnc2C)cc1. The molecule has 1 aliphatic heterocycles. The van der Waals surface area contributed by atoms with E-state index in [1.54, 1.807) is 11.3 Å². The van der Waals surface area contributed by atoms with Crippen molar-refractivity contribution in [1.82, 2.24) is 30.1 Å². The zero-order valence-corrected chi connectivity index (χ0v) is 53.4. The van der Waals surface area contributed by atoms with Gasteiger partial charge in [-0.3, -0.25) is 4.79 Å². The summed E-state index contributed by atoms with van der Waals surface area (Å²) >= 11 is 3.16. The van der Waals surface area contributed by atoms with E-state index in [0.717, 1.165) is 154 Å². The molecule has 81 heavy (non-hydrogen) atoms. The van der Waals surface area contributed by atoms with Crippen molar-refractivity contribution in [3.05, 3.63) is 99.2 Å². The maximum atomic E-state index is 12.2. The van der Waals surface area contributed by atoms with Crippen LogP contribution >= 0.6 is 22.7 Å². The van der Waals surface area contributed by atoms with Gasteiger partial charge in [0, 0.05) is 72.4 Å². The van der Waals surface area contributed by atoms with Crippen LogP contribution in [0.4, 0.5) is 10.9 Å². The average molecular weight is 1150 g/mol. The molecule has 1 aromatic carbocycles. The van der Waals surface area contributed by atoms with Crippen LogP contribution in [-0.2, 0) is 27.4 Å². The lowest BCUT2D eigenvalue weighted by Gasteiger charge is -2.35. The van der Waals surface area contributed by atoms with Crippen LogP contribution in [0.1, 0.15) is 205 Å². The molecule has 16 heteroatoms. The summed E-state index contributed by atoms with van der Waals surface area (Å²) in [5.74, 6) is 2.46. The van der Waals surface area contributed by atoms with Crippen LogP contribution < -0.4 is 21.7 Å². The number of nitrogens with one attached hydrogen (secondary N) is 1. The standard InChI is InChI=1S/C42H65N9O2S.C21H30N2OS.C2H6/c1-9-29(5)40(48-53-32(8)34-17-14-18-38-39(34)35(24-43)41(45)54-38)36-19-20-46-42(47-36)50-23-15-22-49(25-31(50)7)21-13-11-12-16-33(44)26-51(30(6)10-2)37(27-52)28(3)4;1-5-15(2)7-6-8-16(3)21(24)22-13-18-9-11-19(12-10-18)20-17(4)23-14-25-20;1-2/h19-20,26-31,34,37H,8-18,21-23,25,44-45H2,1-7H3;9-12,14-16H,5-8,13H2,1-4H3,(H,22,24);1-2H3/b33-26-,48-40+;;/t29?,30?,31-,34?,37?;;/m0../s1. The van der Waals surface area contributed by atoms with Crippen LogP contribution in [-0.4, -0.2) is 87.0 Å². The zero-order chi connectivity index (χ0) is 59.6. The van der Waals surface area contributed by atoms with E-state index < -0.39 is 0 Å². The lowest BCUT2D eigenvalue weighted by Crippen LogP contribution is -2.42. The monoisotopic (exact) mass is 1150 g/mol. The largest absolute Gasteiger partial charge is 0.401 e. The average Bonchev–Trinajstić information content (AvgIpc) is 4.14. The maximum absolute atomic E-state index is 12.2. The molecule has 2 aliphatic rings. The van der Waals surface area contributed by atoms with Gasteiger partial charge in [0.05, 0.1) is 33.4 Å². The predicted octanol–water partition coefficient (Wildman–Crippen LogP) is 14.6. The Labute approximate surface area is 496 Å². The number of fused-ring (bicyclic) bond motifs is 1. The molecule has 7 atom stereocenters. The fraction of sp³-hybridized carbons (Fsp3) is 0.615. The first-order valence-corrected chi connectivity index (χ1v) is 32.2. The maximum Gasteiger partial charge on any atom is 0.226 e. The van der Waals surface area contributed by atoms with Gasteiger partial charge in [0.1, 0.15) is 28.8 Å². The normalized spacial score (nSPS) is 17.6. The van der Waals surface area contributed by atoms with Crippen LogP contribution in [0, 0.1) is 41.9 Å². The van der Waals surface area contributed by atoms with E-state index in [4.69, 9.17) is 26.3 Å². The number of unbranched alkanes of at least 4 members (excludes halogenated alkanes) is 2. The summed E-state index contributed by atoms with van der Waals surface area (Å²) in [5, 5.41) is 18.1. The third-order valence-corrected chi connectivity index (χ3v) is 18.2. The number of benzene rings is 1. The number of carbonyl (C=O) groups excluding carboxylic acids is 2. The summed E-state index contributed by atoms with van der Waals surface area (Å²) in [6, 6.07) is 12.9. The van der Waals surface area contributed by atoms with Gasteiger partial charge in [0.15, 0.2) is 0 Å². The molecular formula is C65H101N11O3S2. The molecule has 5 N–H and O–H groups in total. The second-order valence-corrected chi connectivity index (χ2v) is 24.6. The summed E-state index contributed by atoms with van der Waals surface area (Å²) in [6.07, 6.45) is 19.1. The fourth-order valence-corrected chi connectivity index (χ4v) is 12.4. The molecule has 3 aromatic heterocycles. The third-order valence-electron chi connectivity index (χ3n) is 16.2. The third kappa shape index (κ3) is 20.3. The second-order valence-electron chi connectivity index (χ2n) is 22.6. The molecule has 4 aromatic rings. The van der Waals surface area contributed by atoms with Gasteiger partial charge in [-0.2, -0.15) is 5.26 Å². The molecule has 6 rings (SSSR count). The van der Waals surface area contributed by atoms with Crippen LogP contribution in [0.5, 0.6) is 0 Å². The summed E-state index contributed by atoms with van der Waals surface area (Å²) in [7, 11) is 0. The Morgan fingerprint density at radius 3 is 2.37 bits per heavy atom. The molecule has 6 unspecified atom stereocenters. The summed E-state index contributed by atoms with van der Waals surface area (Å²) < 4.78 is 0. The van der Waals surface area contributed by atoms with E-state index in [9.17, 15) is 14.9 Å². The summed E-state index contributed by atoms with van der Waals surface area (Å²) in [4.78, 5) is 53.7. The molecule has 1 aliphatic carbocycles. The zero-order valence-electron chi connectivity index (χ0n) is 51.7. The Morgan fingerprint density at radius 1 is 0.988 bits per heavy atom. The lowest BCUT2D eigenvalue weighted by atomic mass is 9.84. The van der Waals surface area contributed by atoms with E-state index in [1.807, 2.05) is 51.7 Å². The number of aryl methyl sites for hydroxylation is 2. The topological polar surface area (TPSA) is 192 Å². The first-order chi connectivity index (χ1) is 38.9. The van der Waals surface area contributed by atoms with E-state index in [0.29, 0.717) is 28.8 Å². The number of thiazole rings is 1. The number of aromatic nitrogens is 3. The first-order valence-electron chi connectivity index (χ1n) is 30.5. The van der Waals surface area contributed by atoms with Gasteiger partial charge >= 0.3 is 0 Å². The lowest BCUT2D eigenvalue weighted by molar-refractivity contribution is -0.124.